The number of likely N-dealkylation sites (tertiary alicyclic amines) is 1. The number of sulfone groups is 1. The number of halogens is 3. The third kappa shape index (κ3) is 5.74. The standard InChI is InChI=1S/C15H21N3O4S.C2HF3O2/c1-17(2)15(19)18-9-11-12(22-14-5-3-4-7-16-14)6-8-23(20,21)13(11)10-18;3-2(4,5)1(6)7/h3-5,7,11-13H,6,8-10H2,1-2H3;(H,6,7). The minimum atomic E-state index is -5.08. The van der Waals surface area contributed by atoms with Crippen LogP contribution in [-0.4, -0.2) is 90.8 Å². The Balaban J connectivity index is 0.000000396. The van der Waals surface area contributed by atoms with E-state index in [1.807, 2.05) is 6.07 Å². The Bertz CT molecular complexity index is 863. The summed E-state index contributed by atoms with van der Waals surface area (Å²) in [7, 11) is 0.144. The van der Waals surface area contributed by atoms with Gasteiger partial charge in [-0.15, -0.1) is 0 Å². The van der Waals surface area contributed by atoms with Gasteiger partial charge in [0.15, 0.2) is 9.84 Å². The fraction of sp³-hybridized carbons (Fsp3) is 0.588. The van der Waals surface area contributed by atoms with E-state index < -0.39 is 27.2 Å². The molecule has 0 aliphatic carbocycles. The summed E-state index contributed by atoms with van der Waals surface area (Å²) < 4.78 is 62.4. The molecule has 1 N–H and O–H groups in total. The predicted octanol–water partition coefficient (Wildman–Crippen LogP) is 1.26. The molecule has 0 saturated carbocycles. The number of aromatic nitrogens is 1. The van der Waals surface area contributed by atoms with Crippen LogP contribution in [0.3, 0.4) is 0 Å². The first-order chi connectivity index (χ1) is 13.8. The Hall–Kier alpha value is -2.57. The van der Waals surface area contributed by atoms with Gasteiger partial charge in [-0.3, -0.25) is 0 Å². The minimum absolute atomic E-state index is 0.0929. The minimum Gasteiger partial charge on any atom is -0.475 e. The van der Waals surface area contributed by atoms with Gasteiger partial charge in [0.1, 0.15) is 6.10 Å². The quantitative estimate of drug-likeness (QED) is 0.717. The third-order valence-electron chi connectivity index (χ3n) is 4.74. The SMILES string of the molecule is CN(C)C(=O)N1CC2C(Oc3ccccn3)CCS(=O)(=O)C2C1.O=C(O)C(F)(F)F. The van der Waals surface area contributed by atoms with Gasteiger partial charge in [-0.05, 0) is 12.5 Å². The lowest BCUT2D eigenvalue weighted by Gasteiger charge is -2.32. The Morgan fingerprint density at radius 2 is 1.90 bits per heavy atom. The van der Waals surface area contributed by atoms with E-state index in [2.05, 4.69) is 4.98 Å². The Labute approximate surface area is 171 Å². The molecule has 3 unspecified atom stereocenters. The van der Waals surface area contributed by atoms with E-state index in [9.17, 15) is 26.4 Å². The van der Waals surface area contributed by atoms with E-state index >= 15 is 0 Å². The van der Waals surface area contributed by atoms with Crippen molar-refractivity contribution in [2.45, 2.75) is 24.0 Å². The van der Waals surface area contributed by atoms with E-state index in [4.69, 9.17) is 14.6 Å². The van der Waals surface area contributed by atoms with Gasteiger partial charge in [-0.1, -0.05) is 6.07 Å². The molecule has 0 spiro atoms. The van der Waals surface area contributed by atoms with Crippen LogP contribution in [0.25, 0.3) is 0 Å². The molecule has 0 aromatic carbocycles. The van der Waals surface area contributed by atoms with Gasteiger partial charge in [-0.2, -0.15) is 13.2 Å². The smallest absolute Gasteiger partial charge is 0.475 e. The summed E-state index contributed by atoms with van der Waals surface area (Å²) in [5.41, 5.74) is 0. The van der Waals surface area contributed by atoms with Crippen LogP contribution in [-0.2, 0) is 14.6 Å². The number of carboxylic acid groups (broad SMARTS) is 1. The zero-order valence-corrected chi connectivity index (χ0v) is 17.1. The summed E-state index contributed by atoms with van der Waals surface area (Å²) in [5, 5.41) is 6.58. The first-order valence-corrected chi connectivity index (χ1v) is 10.6. The number of hydrogen-bond acceptors (Lipinski definition) is 6. The zero-order chi connectivity index (χ0) is 22.7. The van der Waals surface area contributed by atoms with Gasteiger partial charge in [-0.25, -0.2) is 23.0 Å². The van der Waals surface area contributed by atoms with Crippen molar-refractivity contribution in [3.05, 3.63) is 24.4 Å². The molecule has 3 atom stereocenters. The van der Waals surface area contributed by atoms with Crippen molar-refractivity contribution in [1.29, 1.82) is 0 Å². The number of aliphatic carboxylic acids is 1. The van der Waals surface area contributed by atoms with Crippen LogP contribution in [0.2, 0.25) is 0 Å². The molecule has 2 aliphatic rings. The van der Waals surface area contributed by atoms with Crippen molar-refractivity contribution in [2.75, 3.05) is 32.9 Å². The van der Waals surface area contributed by atoms with Crippen LogP contribution >= 0.6 is 0 Å². The summed E-state index contributed by atoms with van der Waals surface area (Å²) in [4.78, 5) is 28.3. The van der Waals surface area contributed by atoms with E-state index in [-0.39, 0.29) is 30.4 Å². The molecule has 2 aliphatic heterocycles. The molecule has 168 valence electrons. The highest BCUT2D eigenvalue weighted by Crippen LogP contribution is 2.35. The predicted molar refractivity (Wildman–Crippen MR) is 98.7 cm³/mol. The number of fused-ring (bicyclic) bond motifs is 1. The van der Waals surface area contributed by atoms with Crippen molar-refractivity contribution in [3.8, 4) is 5.88 Å². The summed E-state index contributed by atoms with van der Waals surface area (Å²) in [6.45, 7) is 0.643. The molecule has 30 heavy (non-hydrogen) atoms. The lowest BCUT2D eigenvalue weighted by Crippen LogP contribution is -2.46. The number of carbonyl (C=O) groups excluding carboxylic acids is 1. The lowest BCUT2D eigenvalue weighted by molar-refractivity contribution is -0.192. The maximum absolute atomic E-state index is 12.4. The molecular formula is C17H22F3N3O6S. The first kappa shape index (κ1) is 23.7. The summed E-state index contributed by atoms with van der Waals surface area (Å²) >= 11 is 0. The number of alkyl halides is 3. The average molecular weight is 453 g/mol. The highest BCUT2D eigenvalue weighted by atomic mass is 32.2. The molecule has 2 fully saturated rings. The summed E-state index contributed by atoms with van der Waals surface area (Å²) in [6.07, 6.45) is -3.24. The number of carbonyl (C=O) groups is 2. The van der Waals surface area contributed by atoms with E-state index in [0.29, 0.717) is 18.8 Å². The molecule has 1 aromatic rings. The molecule has 1 aromatic heterocycles. The number of pyridine rings is 1. The molecule has 13 heteroatoms. The van der Waals surface area contributed by atoms with Crippen LogP contribution in [0, 0.1) is 5.92 Å². The molecule has 9 nitrogen and oxygen atoms in total. The van der Waals surface area contributed by atoms with Crippen molar-refractivity contribution < 1.29 is 41.0 Å². The Kier molecular flexibility index (Phi) is 7.16. The number of hydrogen-bond donors (Lipinski definition) is 1. The zero-order valence-electron chi connectivity index (χ0n) is 16.2. The Morgan fingerprint density at radius 1 is 1.27 bits per heavy atom. The largest absolute Gasteiger partial charge is 0.490 e. The topological polar surface area (TPSA) is 117 Å². The fourth-order valence-corrected chi connectivity index (χ4v) is 5.40. The maximum Gasteiger partial charge on any atom is 0.490 e. The highest BCUT2D eigenvalue weighted by Gasteiger charge is 2.50. The van der Waals surface area contributed by atoms with Gasteiger partial charge < -0.3 is 19.6 Å². The van der Waals surface area contributed by atoms with Crippen molar-refractivity contribution >= 4 is 21.8 Å². The Morgan fingerprint density at radius 3 is 2.40 bits per heavy atom. The normalized spacial score (nSPS) is 24.8. The van der Waals surface area contributed by atoms with Crippen molar-refractivity contribution in [2.24, 2.45) is 5.92 Å². The van der Waals surface area contributed by atoms with E-state index in [1.165, 1.54) is 4.90 Å². The lowest BCUT2D eigenvalue weighted by atomic mass is 9.98. The molecule has 3 heterocycles. The van der Waals surface area contributed by atoms with Crippen LogP contribution < -0.4 is 4.74 Å². The third-order valence-corrected chi connectivity index (χ3v) is 6.97. The number of rotatable bonds is 2. The van der Waals surface area contributed by atoms with Gasteiger partial charge >= 0.3 is 18.2 Å². The first-order valence-electron chi connectivity index (χ1n) is 8.88. The second-order valence-electron chi connectivity index (χ2n) is 7.07. The van der Waals surface area contributed by atoms with Gasteiger partial charge in [0.25, 0.3) is 0 Å². The van der Waals surface area contributed by atoms with E-state index in [0.717, 1.165) is 0 Å². The van der Waals surface area contributed by atoms with Crippen molar-refractivity contribution in [3.63, 3.8) is 0 Å². The van der Waals surface area contributed by atoms with Crippen LogP contribution in [0.4, 0.5) is 18.0 Å². The monoisotopic (exact) mass is 453 g/mol. The van der Waals surface area contributed by atoms with Crippen LogP contribution in [0.15, 0.2) is 24.4 Å². The van der Waals surface area contributed by atoms with E-state index in [1.54, 1.807) is 37.3 Å². The number of nitrogens with zero attached hydrogens (tertiary/aromatic N) is 3. The maximum atomic E-state index is 12.4. The fourth-order valence-electron chi connectivity index (χ4n) is 3.34. The van der Waals surface area contributed by atoms with Crippen LogP contribution in [0.1, 0.15) is 6.42 Å². The summed E-state index contributed by atoms with van der Waals surface area (Å²) in [6, 6.07) is 5.23. The molecule has 3 rings (SSSR count). The second-order valence-corrected chi connectivity index (χ2v) is 9.41. The summed E-state index contributed by atoms with van der Waals surface area (Å²) in [5.74, 6) is -2.38. The molecular weight excluding hydrogens is 431 g/mol. The molecule has 0 bridgehead atoms. The molecule has 2 amide bonds. The van der Waals surface area contributed by atoms with Crippen LogP contribution in [0.5, 0.6) is 5.88 Å². The average Bonchev–Trinajstić information content (AvgIpc) is 3.11. The van der Waals surface area contributed by atoms with Gasteiger partial charge in [0.05, 0.1) is 11.0 Å². The molecule has 0 radical (unpaired) electrons. The van der Waals surface area contributed by atoms with Crippen molar-refractivity contribution in [1.82, 2.24) is 14.8 Å². The molecule has 2 saturated heterocycles. The van der Waals surface area contributed by atoms with Gasteiger partial charge in [0.2, 0.25) is 5.88 Å². The number of ether oxygens (including phenoxy) is 1. The highest BCUT2D eigenvalue weighted by molar-refractivity contribution is 7.92. The van der Waals surface area contributed by atoms with Gasteiger partial charge in [0, 0.05) is 45.4 Å². The number of amides is 2. The number of carboxylic acids is 1. The second kappa shape index (κ2) is 9.06. The number of urea groups is 1.